The summed E-state index contributed by atoms with van der Waals surface area (Å²) in [6.45, 7) is 1.48. The Bertz CT molecular complexity index is 1610. The molecule has 0 saturated carbocycles. The van der Waals surface area contributed by atoms with Crippen LogP contribution in [0.2, 0.25) is 5.02 Å². The Morgan fingerprint density at radius 3 is 2.17 bits per heavy atom. The van der Waals surface area contributed by atoms with E-state index in [0.717, 1.165) is 4.90 Å². The number of thioether (sulfide) groups is 1. The number of hydrogen-bond donors (Lipinski definition) is 3. The van der Waals surface area contributed by atoms with Crippen LogP contribution in [-0.4, -0.2) is 29.3 Å². The zero-order valence-corrected chi connectivity index (χ0v) is 23.6. The van der Waals surface area contributed by atoms with Gasteiger partial charge in [-0.1, -0.05) is 54.1 Å². The third-order valence-corrected chi connectivity index (χ3v) is 7.11. The first kappa shape index (κ1) is 29.3. The van der Waals surface area contributed by atoms with E-state index in [4.69, 9.17) is 11.6 Å². The first-order valence-electron chi connectivity index (χ1n) is 12.6. The van der Waals surface area contributed by atoms with Crippen molar-refractivity contribution in [2.24, 2.45) is 0 Å². The molecule has 3 amide bonds. The van der Waals surface area contributed by atoms with E-state index in [1.807, 2.05) is 6.07 Å². The zero-order chi connectivity index (χ0) is 29.2. The van der Waals surface area contributed by atoms with E-state index in [0.29, 0.717) is 33.1 Å². The Kier molecular flexibility index (Phi) is 10.1. The van der Waals surface area contributed by atoms with E-state index in [2.05, 4.69) is 16.0 Å². The SMILES string of the molecule is CC(=O)c1ccc(NC(=O)CSc2cccc(NC(=O)/C(=C\c3ccccc3Cl)NC(=O)c3ccccc3)c2)cc1. The predicted octanol–water partition coefficient (Wildman–Crippen LogP) is 6.68. The molecule has 0 saturated heterocycles. The van der Waals surface area contributed by atoms with Gasteiger partial charge in [0.25, 0.3) is 11.8 Å². The molecule has 0 heterocycles. The molecule has 0 aromatic heterocycles. The average molecular weight is 584 g/mol. The van der Waals surface area contributed by atoms with Gasteiger partial charge in [0.05, 0.1) is 5.75 Å². The maximum atomic E-state index is 13.3. The molecular formula is C32H26ClN3O4S. The van der Waals surface area contributed by atoms with Gasteiger partial charge in [0.1, 0.15) is 5.70 Å². The van der Waals surface area contributed by atoms with E-state index in [1.165, 1.54) is 24.8 Å². The van der Waals surface area contributed by atoms with Crippen LogP contribution in [0.1, 0.15) is 33.2 Å². The van der Waals surface area contributed by atoms with Crippen LogP contribution < -0.4 is 16.0 Å². The van der Waals surface area contributed by atoms with Crippen LogP contribution in [0.5, 0.6) is 0 Å². The Morgan fingerprint density at radius 1 is 0.756 bits per heavy atom. The molecule has 0 atom stereocenters. The third-order valence-electron chi connectivity index (χ3n) is 5.77. The molecule has 9 heteroatoms. The lowest BCUT2D eigenvalue weighted by atomic mass is 10.1. The van der Waals surface area contributed by atoms with E-state index in [9.17, 15) is 19.2 Å². The van der Waals surface area contributed by atoms with Crippen LogP contribution in [0.25, 0.3) is 6.08 Å². The van der Waals surface area contributed by atoms with Gasteiger partial charge in [-0.3, -0.25) is 19.2 Å². The molecule has 0 spiro atoms. The van der Waals surface area contributed by atoms with Gasteiger partial charge in [-0.25, -0.2) is 0 Å². The summed E-state index contributed by atoms with van der Waals surface area (Å²) in [5.74, 6) is -1.10. The number of halogens is 1. The Hall–Kier alpha value is -4.66. The summed E-state index contributed by atoms with van der Waals surface area (Å²) in [6, 6.07) is 29.3. The molecule has 0 unspecified atom stereocenters. The molecule has 4 aromatic rings. The maximum absolute atomic E-state index is 13.3. The van der Waals surface area contributed by atoms with Crippen LogP contribution in [0.15, 0.2) is 114 Å². The molecule has 0 aliphatic carbocycles. The van der Waals surface area contributed by atoms with Gasteiger partial charge in [0.2, 0.25) is 5.91 Å². The molecule has 7 nitrogen and oxygen atoms in total. The first-order valence-corrected chi connectivity index (χ1v) is 13.9. The number of amides is 3. The van der Waals surface area contributed by atoms with Crippen molar-refractivity contribution in [2.45, 2.75) is 11.8 Å². The summed E-state index contributed by atoms with van der Waals surface area (Å²) in [5, 5.41) is 8.73. The molecule has 41 heavy (non-hydrogen) atoms. The minimum absolute atomic E-state index is 0.0141. The highest BCUT2D eigenvalue weighted by atomic mass is 35.5. The lowest BCUT2D eigenvalue weighted by molar-refractivity contribution is -0.114. The van der Waals surface area contributed by atoms with Gasteiger partial charge in [-0.2, -0.15) is 0 Å². The monoisotopic (exact) mass is 583 g/mol. The zero-order valence-electron chi connectivity index (χ0n) is 22.0. The summed E-state index contributed by atoms with van der Waals surface area (Å²) in [4.78, 5) is 50.8. The van der Waals surface area contributed by atoms with Crippen molar-refractivity contribution in [3.8, 4) is 0 Å². The van der Waals surface area contributed by atoms with E-state index < -0.39 is 11.8 Å². The lowest BCUT2D eigenvalue weighted by Crippen LogP contribution is -2.30. The van der Waals surface area contributed by atoms with E-state index in [1.54, 1.807) is 97.1 Å². The molecule has 0 bridgehead atoms. The first-order chi connectivity index (χ1) is 19.8. The van der Waals surface area contributed by atoms with E-state index in [-0.39, 0.29) is 23.1 Å². The highest BCUT2D eigenvalue weighted by Gasteiger charge is 2.16. The normalized spacial score (nSPS) is 10.9. The van der Waals surface area contributed by atoms with Crippen molar-refractivity contribution >= 4 is 64.3 Å². The van der Waals surface area contributed by atoms with Gasteiger partial charge in [-0.05, 0) is 79.2 Å². The smallest absolute Gasteiger partial charge is 0.272 e. The number of nitrogens with one attached hydrogen (secondary N) is 3. The van der Waals surface area contributed by atoms with Crippen LogP contribution in [0.4, 0.5) is 11.4 Å². The van der Waals surface area contributed by atoms with Crippen LogP contribution >= 0.6 is 23.4 Å². The average Bonchev–Trinajstić information content (AvgIpc) is 2.97. The van der Waals surface area contributed by atoms with Crippen LogP contribution in [0.3, 0.4) is 0 Å². The molecule has 4 aromatic carbocycles. The molecular weight excluding hydrogens is 558 g/mol. The summed E-state index contributed by atoms with van der Waals surface area (Å²) in [6.07, 6.45) is 1.52. The summed E-state index contributed by atoms with van der Waals surface area (Å²) < 4.78 is 0. The standard InChI is InChI=1S/C32H26ClN3O4S/c1-21(37)22-14-16-25(17-15-22)34-30(38)20-41-27-12-7-11-26(19-27)35-32(40)29(18-24-10-5-6-13-28(24)33)36-31(39)23-8-3-2-4-9-23/h2-19H,20H2,1H3,(H,34,38)(H,35,40)(H,36,39)/b29-18+. The maximum Gasteiger partial charge on any atom is 0.272 e. The summed E-state index contributed by atoms with van der Waals surface area (Å²) in [5.41, 5.74) is 2.63. The molecule has 0 aliphatic rings. The van der Waals surface area contributed by atoms with Crippen molar-refractivity contribution in [3.05, 3.63) is 131 Å². The highest BCUT2D eigenvalue weighted by Crippen LogP contribution is 2.23. The largest absolute Gasteiger partial charge is 0.325 e. The fourth-order valence-corrected chi connectivity index (χ4v) is 4.63. The number of hydrogen-bond acceptors (Lipinski definition) is 5. The summed E-state index contributed by atoms with van der Waals surface area (Å²) in [7, 11) is 0. The number of carbonyl (C=O) groups excluding carboxylic acids is 4. The Balaban J connectivity index is 1.43. The Labute approximate surface area is 247 Å². The van der Waals surface area contributed by atoms with Crippen LogP contribution in [-0.2, 0) is 9.59 Å². The number of benzene rings is 4. The van der Waals surface area contributed by atoms with E-state index >= 15 is 0 Å². The van der Waals surface area contributed by atoms with Crippen molar-refractivity contribution in [2.75, 3.05) is 16.4 Å². The third kappa shape index (κ3) is 8.66. The second-order valence-corrected chi connectivity index (χ2v) is 10.3. The fraction of sp³-hybridized carbons (Fsp3) is 0.0625. The van der Waals surface area contributed by atoms with Crippen LogP contribution in [0, 0.1) is 0 Å². The van der Waals surface area contributed by atoms with Crippen molar-refractivity contribution in [1.29, 1.82) is 0 Å². The number of ketones is 1. The van der Waals surface area contributed by atoms with Gasteiger partial charge in [0, 0.05) is 32.4 Å². The minimum Gasteiger partial charge on any atom is -0.325 e. The fourth-order valence-electron chi connectivity index (χ4n) is 3.69. The minimum atomic E-state index is -0.539. The summed E-state index contributed by atoms with van der Waals surface area (Å²) >= 11 is 7.60. The highest BCUT2D eigenvalue weighted by molar-refractivity contribution is 8.00. The molecule has 0 aliphatic heterocycles. The van der Waals surface area contributed by atoms with Gasteiger partial charge < -0.3 is 16.0 Å². The molecule has 0 fully saturated rings. The molecule has 206 valence electrons. The quantitative estimate of drug-likeness (QED) is 0.110. The number of Topliss-reactive ketones (excluding diaryl/α,β-unsaturated/α-hetero) is 1. The predicted molar refractivity (Wildman–Crippen MR) is 164 cm³/mol. The topological polar surface area (TPSA) is 104 Å². The van der Waals surface area contributed by atoms with Crippen molar-refractivity contribution < 1.29 is 19.2 Å². The van der Waals surface area contributed by atoms with Gasteiger partial charge in [0.15, 0.2) is 5.78 Å². The Morgan fingerprint density at radius 2 is 1.46 bits per heavy atom. The second-order valence-electron chi connectivity index (χ2n) is 8.85. The van der Waals surface area contributed by atoms with Crippen molar-refractivity contribution in [1.82, 2.24) is 5.32 Å². The number of rotatable bonds is 10. The number of anilines is 2. The molecule has 4 rings (SSSR count). The number of carbonyl (C=O) groups is 4. The second kappa shape index (κ2) is 14.1. The lowest BCUT2D eigenvalue weighted by Gasteiger charge is -2.12. The van der Waals surface area contributed by atoms with Crippen molar-refractivity contribution in [3.63, 3.8) is 0 Å². The van der Waals surface area contributed by atoms with Gasteiger partial charge >= 0.3 is 0 Å². The van der Waals surface area contributed by atoms with Gasteiger partial charge in [-0.15, -0.1) is 11.8 Å². The molecule has 3 N–H and O–H groups in total. The molecule has 0 radical (unpaired) electrons.